The van der Waals surface area contributed by atoms with Gasteiger partial charge in [0.1, 0.15) is 0 Å². The fraction of sp³-hybridized carbons (Fsp3) is 0.650. The van der Waals surface area contributed by atoms with E-state index in [-0.39, 0.29) is 0 Å². The molecule has 2 unspecified atom stereocenters. The first-order valence-electron chi connectivity index (χ1n) is 9.54. The van der Waals surface area contributed by atoms with Gasteiger partial charge in [-0.05, 0) is 50.5 Å². The highest BCUT2D eigenvalue weighted by Crippen LogP contribution is 2.21. The zero-order valence-corrected chi connectivity index (χ0v) is 14.9. The van der Waals surface area contributed by atoms with Gasteiger partial charge in [0.2, 0.25) is 0 Å². The van der Waals surface area contributed by atoms with Crippen LogP contribution in [0.1, 0.15) is 38.2 Å². The van der Waals surface area contributed by atoms with Gasteiger partial charge in [-0.25, -0.2) is 0 Å². The second kappa shape index (κ2) is 9.07. The predicted molar refractivity (Wildman–Crippen MR) is 99.4 cm³/mol. The fourth-order valence-electron chi connectivity index (χ4n) is 3.75. The Morgan fingerprint density at radius 1 is 1.29 bits per heavy atom. The normalized spacial score (nSPS) is 24.5. The number of guanidine groups is 1. The molecule has 1 aromatic carbocycles. The van der Waals surface area contributed by atoms with Crippen LogP contribution in [0.3, 0.4) is 0 Å². The minimum atomic E-state index is 0.432. The number of aliphatic imine (C=N–C) groups is 1. The molecule has 4 heteroatoms. The lowest BCUT2D eigenvalue weighted by Gasteiger charge is -2.22. The van der Waals surface area contributed by atoms with Gasteiger partial charge >= 0.3 is 0 Å². The summed E-state index contributed by atoms with van der Waals surface area (Å²) in [7, 11) is 0. The maximum Gasteiger partial charge on any atom is 0.193 e. The van der Waals surface area contributed by atoms with Crippen molar-refractivity contribution in [3.8, 4) is 0 Å². The van der Waals surface area contributed by atoms with Gasteiger partial charge in [0, 0.05) is 32.8 Å². The monoisotopic (exact) mass is 329 g/mol. The third-order valence-electron chi connectivity index (χ3n) is 5.02. The van der Waals surface area contributed by atoms with E-state index in [1.165, 1.54) is 31.2 Å². The predicted octanol–water partition coefficient (Wildman–Crippen LogP) is 3.09. The van der Waals surface area contributed by atoms with Gasteiger partial charge < -0.3 is 15.0 Å². The first-order chi connectivity index (χ1) is 11.8. The SMILES string of the molecule is CCNC(=NCCC1CCCO1)N1CCC(Cc2ccccc2)C1. The van der Waals surface area contributed by atoms with E-state index in [1.54, 1.807) is 0 Å². The van der Waals surface area contributed by atoms with Crippen molar-refractivity contribution in [2.45, 2.75) is 45.1 Å². The first kappa shape index (κ1) is 17.3. The van der Waals surface area contributed by atoms with Gasteiger partial charge in [-0.1, -0.05) is 30.3 Å². The van der Waals surface area contributed by atoms with Crippen LogP contribution in [0.25, 0.3) is 0 Å². The quantitative estimate of drug-likeness (QED) is 0.644. The van der Waals surface area contributed by atoms with Crippen LogP contribution in [0, 0.1) is 5.92 Å². The Bertz CT molecular complexity index is 511. The number of benzene rings is 1. The molecule has 2 atom stereocenters. The van der Waals surface area contributed by atoms with E-state index in [4.69, 9.17) is 9.73 Å². The highest BCUT2D eigenvalue weighted by atomic mass is 16.5. The third-order valence-corrected chi connectivity index (χ3v) is 5.02. The molecule has 24 heavy (non-hydrogen) atoms. The van der Waals surface area contributed by atoms with Gasteiger partial charge in [-0.15, -0.1) is 0 Å². The van der Waals surface area contributed by atoms with Gasteiger partial charge in [-0.3, -0.25) is 4.99 Å². The zero-order chi connectivity index (χ0) is 16.6. The van der Waals surface area contributed by atoms with Crippen molar-refractivity contribution in [3.05, 3.63) is 35.9 Å². The van der Waals surface area contributed by atoms with Crippen molar-refractivity contribution in [2.75, 3.05) is 32.8 Å². The summed E-state index contributed by atoms with van der Waals surface area (Å²) >= 11 is 0. The van der Waals surface area contributed by atoms with Crippen LogP contribution in [-0.2, 0) is 11.2 Å². The molecule has 2 heterocycles. The maximum absolute atomic E-state index is 5.70. The molecule has 3 rings (SSSR count). The number of ether oxygens (including phenoxy) is 1. The van der Waals surface area contributed by atoms with Crippen LogP contribution in [0.2, 0.25) is 0 Å². The molecule has 1 aromatic rings. The smallest absolute Gasteiger partial charge is 0.193 e. The fourth-order valence-corrected chi connectivity index (χ4v) is 3.75. The maximum atomic E-state index is 5.70. The second-order valence-electron chi connectivity index (χ2n) is 6.95. The molecule has 0 bridgehead atoms. The minimum absolute atomic E-state index is 0.432. The Morgan fingerprint density at radius 2 is 2.17 bits per heavy atom. The summed E-state index contributed by atoms with van der Waals surface area (Å²) in [5, 5.41) is 3.47. The number of nitrogens with one attached hydrogen (secondary N) is 1. The van der Waals surface area contributed by atoms with Crippen LogP contribution >= 0.6 is 0 Å². The summed E-state index contributed by atoms with van der Waals surface area (Å²) in [6, 6.07) is 10.8. The Morgan fingerprint density at radius 3 is 2.92 bits per heavy atom. The van der Waals surface area contributed by atoms with Gasteiger partial charge in [-0.2, -0.15) is 0 Å². The lowest BCUT2D eigenvalue weighted by molar-refractivity contribution is 0.106. The van der Waals surface area contributed by atoms with Crippen LogP contribution in [-0.4, -0.2) is 49.7 Å². The third kappa shape index (κ3) is 4.97. The lowest BCUT2D eigenvalue weighted by atomic mass is 9.99. The van der Waals surface area contributed by atoms with E-state index in [0.29, 0.717) is 6.10 Å². The largest absolute Gasteiger partial charge is 0.378 e. The molecule has 0 spiro atoms. The molecule has 2 fully saturated rings. The van der Waals surface area contributed by atoms with E-state index in [9.17, 15) is 0 Å². The molecular formula is C20H31N3O. The van der Waals surface area contributed by atoms with Gasteiger partial charge in [0.15, 0.2) is 5.96 Å². The summed E-state index contributed by atoms with van der Waals surface area (Å²) in [5.74, 6) is 1.82. The molecule has 0 radical (unpaired) electrons. The van der Waals surface area contributed by atoms with Crippen molar-refractivity contribution in [1.29, 1.82) is 0 Å². The highest BCUT2D eigenvalue weighted by molar-refractivity contribution is 5.80. The molecular weight excluding hydrogens is 298 g/mol. The Hall–Kier alpha value is -1.55. The molecule has 0 aromatic heterocycles. The van der Waals surface area contributed by atoms with Crippen LogP contribution < -0.4 is 5.32 Å². The number of rotatable bonds is 6. The molecule has 4 nitrogen and oxygen atoms in total. The van der Waals surface area contributed by atoms with E-state index in [0.717, 1.165) is 51.1 Å². The topological polar surface area (TPSA) is 36.9 Å². The van der Waals surface area contributed by atoms with Crippen LogP contribution in [0.15, 0.2) is 35.3 Å². The molecule has 0 aliphatic carbocycles. The molecule has 0 saturated carbocycles. The summed E-state index contributed by atoms with van der Waals surface area (Å²) in [6.07, 6.45) is 6.32. The number of hydrogen-bond acceptors (Lipinski definition) is 2. The molecule has 2 aliphatic rings. The van der Waals surface area contributed by atoms with Gasteiger partial charge in [0.05, 0.1) is 6.10 Å². The van der Waals surface area contributed by atoms with E-state index in [2.05, 4.69) is 47.5 Å². The molecule has 0 amide bonds. The van der Waals surface area contributed by atoms with Crippen LogP contribution in [0.4, 0.5) is 0 Å². The van der Waals surface area contributed by atoms with E-state index >= 15 is 0 Å². The Labute approximate surface area is 146 Å². The molecule has 2 saturated heterocycles. The van der Waals surface area contributed by atoms with E-state index in [1.807, 2.05) is 0 Å². The number of nitrogens with zero attached hydrogens (tertiary/aromatic N) is 2. The van der Waals surface area contributed by atoms with Crippen molar-refractivity contribution in [3.63, 3.8) is 0 Å². The second-order valence-corrected chi connectivity index (χ2v) is 6.95. The lowest BCUT2D eigenvalue weighted by Crippen LogP contribution is -2.40. The minimum Gasteiger partial charge on any atom is -0.378 e. The van der Waals surface area contributed by atoms with Crippen LogP contribution in [0.5, 0.6) is 0 Å². The molecule has 132 valence electrons. The van der Waals surface area contributed by atoms with E-state index < -0.39 is 0 Å². The molecule has 1 N–H and O–H groups in total. The van der Waals surface area contributed by atoms with Gasteiger partial charge in [0.25, 0.3) is 0 Å². The average molecular weight is 329 g/mol. The van der Waals surface area contributed by atoms with Crippen molar-refractivity contribution in [2.24, 2.45) is 10.9 Å². The number of likely N-dealkylation sites (tertiary alicyclic amines) is 1. The number of hydrogen-bond donors (Lipinski definition) is 1. The summed E-state index contributed by atoms with van der Waals surface area (Å²) in [5.41, 5.74) is 1.45. The van der Waals surface area contributed by atoms with Crippen molar-refractivity contribution in [1.82, 2.24) is 10.2 Å². The summed E-state index contributed by atoms with van der Waals surface area (Å²) < 4.78 is 5.70. The van der Waals surface area contributed by atoms with Crippen molar-refractivity contribution >= 4 is 5.96 Å². The average Bonchev–Trinajstić information content (AvgIpc) is 3.27. The Balaban J connectivity index is 1.50. The summed E-state index contributed by atoms with van der Waals surface area (Å²) in [6.45, 7) is 7.10. The zero-order valence-electron chi connectivity index (χ0n) is 14.9. The highest BCUT2D eigenvalue weighted by Gasteiger charge is 2.25. The first-order valence-corrected chi connectivity index (χ1v) is 9.54. The standard InChI is InChI=1S/C20H31N3O/c1-2-21-20(22-12-10-19-9-6-14-24-19)23-13-11-18(16-23)15-17-7-4-3-5-8-17/h3-5,7-8,18-19H,2,6,9-16H2,1H3,(H,21,22). The molecule has 2 aliphatic heterocycles. The Kier molecular flexibility index (Phi) is 6.53. The van der Waals surface area contributed by atoms with Crippen molar-refractivity contribution < 1.29 is 4.74 Å². The summed E-state index contributed by atoms with van der Waals surface area (Å²) in [4.78, 5) is 7.29.